The maximum atomic E-state index is 11.3. The first-order valence-electron chi connectivity index (χ1n) is 5.73. The van der Waals surface area contributed by atoms with Crippen LogP contribution in [0.4, 0.5) is 0 Å². The second-order valence-electron chi connectivity index (χ2n) is 4.20. The molecule has 0 fully saturated rings. The zero-order valence-electron chi connectivity index (χ0n) is 10.1. The third kappa shape index (κ3) is 1.74. The topological polar surface area (TPSA) is 100 Å². The highest BCUT2D eigenvalue weighted by Gasteiger charge is 2.15. The molecular formula is C14H8N2O4. The summed E-state index contributed by atoms with van der Waals surface area (Å²) >= 11 is 0. The Morgan fingerprint density at radius 2 is 1.80 bits per heavy atom. The van der Waals surface area contributed by atoms with E-state index in [1.807, 2.05) is 0 Å². The average molecular weight is 268 g/mol. The lowest BCUT2D eigenvalue weighted by Crippen LogP contribution is -2.03. The van der Waals surface area contributed by atoms with Crippen molar-refractivity contribution >= 4 is 33.7 Å². The lowest BCUT2D eigenvalue weighted by Gasteiger charge is -2.06. The number of hydrogen-bond acceptors (Lipinski definition) is 4. The van der Waals surface area contributed by atoms with Gasteiger partial charge in [-0.15, -0.1) is 0 Å². The predicted octanol–water partition coefficient (Wildman–Crippen LogP) is 2.18. The maximum absolute atomic E-state index is 11.3. The second-order valence-corrected chi connectivity index (χ2v) is 4.20. The Labute approximate surface area is 112 Å². The number of fused-ring (bicyclic) bond motifs is 3. The van der Waals surface area contributed by atoms with Gasteiger partial charge >= 0.3 is 11.9 Å². The van der Waals surface area contributed by atoms with Crippen LogP contribution >= 0.6 is 0 Å². The van der Waals surface area contributed by atoms with Crippen LogP contribution in [-0.4, -0.2) is 32.1 Å². The van der Waals surface area contributed by atoms with Crippen molar-refractivity contribution in [1.82, 2.24) is 9.97 Å². The highest BCUT2D eigenvalue weighted by atomic mass is 16.4. The van der Waals surface area contributed by atoms with E-state index in [4.69, 9.17) is 5.11 Å². The van der Waals surface area contributed by atoms with Crippen LogP contribution in [0, 0.1) is 0 Å². The normalized spacial score (nSPS) is 10.8. The van der Waals surface area contributed by atoms with E-state index >= 15 is 0 Å². The van der Waals surface area contributed by atoms with Gasteiger partial charge in [0.15, 0.2) is 0 Å². The van der Waals surface area contributed by atoms with E-state index in [2.05, 4.69) is 9.97 Å². The summed E-state index contributed by atoms with van der Waals surface area (Å²) in [5.74, 6) is -2.26. The monoisotopic (exact) mass is 268 g/mol. The summed E-state index contributed by atoms with van der Waals surface area (Å²) in [6.45, 7) is 0. The van der Waals surface area contributed by atoms with Gasteiger partial charge in [-0.2, -0.15) is 0 Å². The molecule has 0 amide bonds. The van der Waals surface area contributed by atoms with E-state index in [-0.39, 0.29) is 16.8 Å². The van der Waals surface area contributed by atoms with Gasteiger partial charge in [0.05, 0.1) is 16.6 Å². The number of pyridine rings is 2. The molecule has 2 N–H and O–H groups in total. The fourth-order valence-electron chi connectivity index (χ4n) is 2.12. The van der Waals surface area contributed by atoms with Crippen LogP contribution in [0.5, 0.6) is 0 Å². The minimum atomic E-state index is -1.17. The molecule has 0 spiro atoms. The van der Waals surface area contributed by atoms with Gasteiger partial charge in [0.2, 0.25) is 0 Å². The van der Waals surface area contributed by atoms with Crippen LogP contribution < -0.4 is 0 Å². The molecule has 0 aliphatic heterocycles. The van der Waals surface area contributed by atoms with E-state index < -0.39 is 11.9 Å². The van der Waals surface area contributed by atoms with Gasteiger partial charge in [0.1, 0.15) is 5.69 Å². The first-order valence-corrected chi connectivity index (χ1v) is 5.73. The molecule has 2 heterocycles. The fraction of sp³-hybridized carbons (Fsp3) is 0. The van der Waals surface area contributed by atoms with Crippen LogP contribution in [0.25, 0.3) is 21.8 Å². The predicted molar refractivity (Wildman–Crippen MR) is 71.0 cm³/mol. The first-order chi connectivity index (χ1) is 9.58. The van der Waals surface area contributed by atoms with Gasteiger partial charge < -0.3 is 10.2 Å². The number of benzene rings is 1. The first kappa shape index (κ1) is 12.0. The van der Waals surface area contributed by atoms with Crippen LogP contribution in [0.1, 0.15) is 20.8 Å². The fourth-order valence-corrected chi connectivity index (χ4v) is 2.12. The van der Waals surface area contributed by atoms with E-state index in [1.54, 1.807) is 18.3 Å². The van der Waals surface area contributed by atoms with E-state index in [0.717, 1.165) is 0 Å². The third-order valence-corrected chi connectivity index (χ3v) is 3.00. The zero-order valence-corrected chi connectivity index (χ0v) is 10.1. The number of nitrogens with zero attached hydrogens (tertiary/aromatic N) is 2. The quantitative estimate of drug-likeness (QED) is 0.691. The van der Waals surface area contributed by atoms with Crippen LogP contribution in [-0.2, 0) is 0 Å². The number of aromatic nitrogens is 2. The molecular weight excluding hydrogens is 260 g/mol. The van der Waals surface area contributed by atoms with E-state index in [1.165, 1.54) is 18.2 Å². The minimum absolute atomic E-state index is 0.0740. The second kappa shape index (κ2) is 4.27. The van der Waals surface area contributed by atoms with Crippen molar-refractivity contribution in [3.8, 4) is 0 Å². The number of carboxylic acid groups (broad SMARTS) is 2. The molecule has 0 saturated carbocycles. The SMILES string of the molecule is O=C(O)c1ccc2c(C(=O)O)cc3cccnc3c2n1. The number of carbonyl (C=O) groups is 2. The smallest absolute Gasteiger partial charge is 0.354 e. The third-order valence-electron chi connectivity index (χ3n) is 3.00. The van der Waals surface area contributed by atoms with E-state index in [9.17, 15) is 14.7 Å². The van der Waals surface area contributed by atoms with Crippen molar-refractivity contribution in [1.29, 1.82) is 0 Å². The summed E-state index contributed by atoms with van der Waals surface area (Å²) in [6.07, 6.45) is 1.55. The van der Waals surface area contributed by atoms with Crippen LogP contribution in [0.2, 0.25) is 0 Å². The summed E-state index contributed by atoms with van der Waals surface area (Å²) in [6, 6.07) is 7.63. The van der Waals surface area contributed by atoms with Gasteiger partial charge in [0, 0.05) is 17.0 Å². The molecule has 0 aliphatic carbocycles. The van der Waals surface area contributed by atoms with Gasteiger partial charge in [-0.25, -0.2) is 14.6 Å². The van der Waals surface area contributed by atoms with Gasteiger partial charge in [-0.1, -0.05) is 6.07 Å². The van der Waals surface area contributed by atoms with Crippen molar-refractivity contribution in [3.63, 3.8) is 0 Å². The molecule has 0 saturated heterocycles. The van der Waals surface area contributed by atoms with Crippen molar-refractivity contribution in [3.05, 3.63) is 47.8 Å². The highest BCUT2D eigenvalue weighted by Crippen LogP contribution is 2.26. The molecule has 98 valence electrons. The maximum Gasteiger partial charge on any atom is 0.354 e. The van der Waals surface area contributed by atoms with Crippen LogP contribution in [0.3, 0.4) is 0 Å². The van der Waals surface area contributed by atoms with Crippen molar-refractivity contribution < 1.29 is 19.8 Å². The summed E-state index contributed by atoms with van der Waals surface area (Å²) in [4.78, 5) is 30.5. The van der Waals surface area contributed by atoms with Crippen molar-refractivity contribution in [2.75, 3.05) is 0 Å². The molecule has 0 atom stereocenters. The van der Waals surface area contributed by atoms with Crippen molar-refractivity contribution in [2.45, 2.75) is 0 Å². The standard InChI is InChI=1S/C14H8N2O4/c17-13(18)9-6-7-2-1-5-15-11(7)12-8(9)3-4-10(16-12)14(19)20/h1-6H,(H,17,18)(H,19,20). The van der Waals surface area contributed by atoms with Crippen molar-refractivity contribution in [2.24, 2.45) is 0 Å². The summed E-state index contributed by atoms with van der Waals surface area (Å²) < 4.78 is 0. The molecule has 6 heteroatoms. The molecule has 1 aromatic carbocycles. The minimum Gasteiger partial charge on any atom is -0.478 e. The molecule has 3 rings (SSSR count). The summed E-state index contributed by atoms with van der Waals surface area (Å²) in [7, 11) is 0. The van der Waals surface area contributed by atoms with Crippen LogP contribution in [0.15, 0.2) is 36.5 Å². The summed E-state index contributed by atoms with van der Waals surface area (Å²) in [5, 5.41) is 19.2. The molecule has 2 aromatic heterocycles. The Morgan fingerprint density at radius 1 is 1.00 bits per heavy atom. The molecule has 0 unspecified atom stereocenters. The largest absolute Gasteiger partial charge is 0.478 e. The Morgan fingerprint density at radius 3 is 2.50 bits per heavy atom. The lowest BCUT2D eigenvalue weighted by atomic mass is 10.0. The molecule has 0 radical (unpaired) electrons. The van der Waals surface area contributed by atoms with E-state index in [0.29, 0.717) is 16.3 Å². The Bertz CT molecular complexity index is 874. The Balaban J connectivity index is 2.52. The number of hydrogen-bond donors (Lipinski definition) is 2. The molecule has 6 nitrogen and oxygen atoms in total. The van der Waals surface area contributed by atoms with Gasteiger partial charge in [0.25, 0.3) is 0 Å². The molecule has 3 aromatic rings. The number of carboxylic acids is 2. The Hall–Kier alpha value is -3.02. The lowest BCUT2D eigenvalue weighted by molar-refractivity contribution is 0.0684. The molecule has 0 bridgehead atoms. The Kier molecular flexibility index (Phi) is 2.57. The number of aromatic carboxylic acids is 2. The average Bonchev–Trinajstić information content (AvgIpc) is 2.45. The van der Waals surface area contributed by atoms with Gasteiger partial charge in [-0.3, -0.25) is 4.98 Å². The summed E-state index contributed by atoms with van der Waals surface area (Å²) in [5.41, 5.74) is 0.688. The highest BCUT2D eigenvalue weighted by molar-refractivity contribution is 6.13. The molecule has 0 aliphatic rings. The number of rotatable bonds is 2. The van der Waals surface area contributed by atoms with Gasteiger partial charge in [-0.05, 0) is 24.3 Å². The molecule has 20 heavy (non-hydrogen) atoms. The zero-order chi connectivity index (χ0) is 14.3.